The lowest BCUT2D eigenvalue weighted by atomic mass is 9.92. The van der Waals surface area contributed by atoms with E-state index in [-0.39, 0.29) is 17.3 Å². The number of carbonyl (C=O) groups excluding carboxylic acids is 3. The highest BCUT2D eigenvalue weighted by Gasteiger charge is 2.30. The topological polar surface area (TPSA) is 76.0 Å². The van der Waals surface area contributed by atoms with E-state index in [1.807, 2.05) is 69.2 Å². The van der Waals surface area contributed by atoms with Crippen LogP contribution in [0.3, 0.4) is 0 Å². The number of likely N-dealkylation sites (N-methyl/N-ethyl adjacent to an activating group) is 1. The second-order valence-corrected chi connectivity index (χ2v) is 10.3. The molecule has 0 aliphatic heterocycles. The van der Waals surface area contributed by atoms with Gasteiger partial charge in [0.15, 0.2) is 5.78 Å². The zero-order valence-corrected chi connectivity index (χ0v) is 22.4. The van der Waals surface area contributed by atoms with Gasteiger partial charge in [0.1, 0.15) is 5.71 Å². The standard InChI is InChI=1S/C28H36N2O4S/c1-7-8-9-10-11-25(29-34-20(2)31)26(32)21-12-16-23(17-13-21)35-24-18-14-22(15-19-24)27(33)28(3,4)30(5)6/h12-19H,7-11H2,1-6H3/b29-25+. The van der Waals surface area contributed by atoms with Crippen LogP contribution in [-0.4, -0.2) is 47.8 Å². The third-order valence-electron chi connectivity index (χ3n) is 5.96. The van der Waals surface area contributed by atoms with Gasteiger partial charge in [-0.25, -0.2) is 4.79 Å². The maximum absolute atomic E-state index is 13.0. The lowest BCUT2D eigenvalue weighted by Gasteiger charge is -2.30. The molecule has 0 heterocycles. The van der Waals surface area contributed by atoms with E-state index in [1.165, 1.54) is 6.92 Å². The fourth-order valence-electron chi connectivity index (χ4n) is 3.25. The molecule has 0 aliphatic carbocycles. The molecular weight excluding hydrogens is 460 g/mol. The highest BCUT2D eigenvalue weighted by Crippen LogP contribution is 2.29. The number of oxime groups is 1. The van der Waals surface area contributed by atoms with Crippen molar-refractivity contribution >= 4 is 35.0 Å². The number of nitrogens with zero attached hydrogens (tertiary/aromatic N) is 2. The summed E-state index contributed by atoms with van der Waals surface area (Å²) in [6.45, 7) is 7.21. The van der Waals surface area contributed by atoms with E-state index >= 15 is 0 Å². The smallest absolute Gasteiger partial charge is 0.318 e. The van der Waals surface area contributed by atoms with Crippen LogP contribution in [0.2, 0.25) is 0 Å². The van der Waals surface area contributed by atoms with E-state index in [0.717, 1.165) is 35.5 Å². The SMILES string of the molecule is CCCCCC/C(=N\OC(C)=O)C(=O)c1ccc(Sc2ccc(C(=O)C(C)(C)N(C)C)cc2)cc1. The summed E-state index contributed by atoms with van der Waals surface area (Å²) in [6, 6.07) is 14.9. The molecule has 0 amide bonds. The van der Waals surface area contributed by atoms with Crippen LogP contribution in [0.25, 0.3) is 0 Å². The van der Waals surface area contributed by atoms with Crippen molar-refractivity contribution < 1.29 is 19.2 Å². The first kappa shape index (κ1) is 28.5. The molecule has 0 unspecified atom stereocenters. The molecule has 0 aliphatic rings. The third kappa shape index (κ3) is 8.44. The summed E-state index contributed by atoms with van der Waals surface area (Å²) >= 11 is 1.55. The van der Waals surface area contributed by atoms with Crippen molar-refractivity contribution in [2.24, 2.45) is 5.16 Å². The van der Waals surface area contributed by atoms with Crippen LogP contribution in [-0.2, 0) is 9.63 Å². The lowest BCUT2D eigenvalue weighted by molar-refractivity contribution is -0.140. The Labute approximate surface area is 213 Å². The zero-order valence-electron chi connectivity index (χ0n) is 21.6. The molecule has 0 spiro atoms. The molecule has 0 atom stereocenters. The fraction of sp³-hybridized carbons (Fsp3) is 0.429. The van der Waals surface area contributed by atoms with Gasteiger partial charge in [-0.05, 0) is 77.2 Å². The van der Waals surface area contributed by atoms with Crippen molar-refractivity contribution in [3.05, 3.63) is 59.7 Å². The van der Waals surface area contributed by atoms with Crippen LogP contribution in [0.4, 0.5) is 0 Å². The normalized spacial score (nSPS) is 12.0. The molecule has 0 aromatic heterocycles. The maximum atomic E-state index is 13.0. The van der Waals surface area contributed by atoms with E-state index in [9.17, 15) is 14.4 Å². The highest BCUT2D eigenvalue weighted by atomic mass is 32.2. The number of rotatable bonds is 13. The molecule has 2 aromatic carbocycles. The summed E-state index contributed by atoms with van der Waals surface area (Å²) in [5, 5.41) is 3.82. The predicted octanol–water partition coefficient (Wildman–Crippen LogP) is 6.43. The van der Waals surface area contributed by atoms with E-state index in [0.29, 0.717) is 17.5 Å². The maximum Gasteiger partial charge on any atom is 0.331 e. The first-order valence-electron chi connectivity index (χ1n) is 12.0. The van der Waals surface area contributed by atoms with Crippen molar-refractivity contribution in [3.8, 4) is 0 Å². The third-order valence-corrected chi connectivity index (χ3v) is 6.97. The van der Waals surface area contributed by atoms with Crippen LogP contribution in [0.5, 0.6) is 0 Å². The van der Waals surface area contributed by atoms with Crippen molar-refractivity contribution in [2.75, 3.05) is 14.1 Å². The molecule has 0 fully saturated rings. The summed E-state index contributed by atoms with van der Waals surface area (Å²) in [5.41, 5.74) is 0.859. The summed E-state index contributed by atoms with van der Waals surface area (Å²) in [6.07, 6.45) is 4.46. The average Bonchev–Trinajstić information content (AvgIpc) is 2.83. The van der Waals surface area contributed by atoms with Gasteiger partial charge >= 0.3 is 5.97 Å². The molecule has 188 valence electrons. The van der Waals surface area contributed by atoms with Gasteiger partial charge in [0.05, 0.1) is 5.54 Å². The molecule has 0 saturated heterocycles. The van der Waals surface area contributed by atoms with E-state index in [2.05, 4.69) is 12.1 Å². The number of ketones is 2. The van der Waals surface area contributed by atoms with E-state index in [1.54, 1.807) is 23.9 Å². The monoisotopic (exact) mass is 496 g/mol. The van der Waals surface area contributed by atoms with Crippen molar-refractivity contribution in [2.45, 2.75) is 75.1 Å². The van der Waals surface area contributed by atoms with Gasteiger partial charge in [-0.1, -0.05) is 55.2 Å². The number of Topliss-reactive ketones (excluding diaryl/α,β-unsaturated/α-hetero) is 2. The molecule has 2 rings (SSSR count). The largest absolute Gasteiger partial charge is 0.331 e. The Bertz CT molecular complexity index is 1040. The van der Waals surface area contributed by atoms with Crippen LogP contribution < -0.4 is 0 Å². The highest BCUT2D eigenvalue weighted by molar-refractivity contribution is 7.99. The Morgan fingerprint density at radius 2 is 1.43 bits per heavy atom. The van der Waals surface area contributed by atoms with Crippen LogP contribution in [0.1, 0.15) is 80.5 Å². The van der Waals surface area contributed by atoms with Crippen molar-refractivity contribution in [1.82, 2.24) is 4.90 Å². The van der Waals surface area contributed by atoms with Gasteiger partial charge in [-0.15, -0.1) is 0 Å². The molecule has 0 saturated carbocycles. The van der Waals surface area contributed by atoms with Gasteiger partial charge in [0.25, 0.3) is 0 Å². The summed E-state index contributed by atoms with van der Waals surface area (Å²) in [5.74, 6) is -0.706. The molecule has 0 bridgehead atoms. The molecule has 7 heteroatoms. The first-order chi connectivity index (χ1) is 16.6. The molecular formula is C28H36N2O4S. The Morgan fingerprint density at radius 1 is 0.886 bits per heavy atom. The predicted molar refractivity (Wildman–Crippen MR) is 141 cm³/mol. The van der Waals surface area contributed by atoms with Gasteiger partial charge in [0, 0.05) is 27.8 Å². The Balaban J connectivity index is 2.08. The fourth-order valence-corrected chi connectivity index (χ4v) is 4.06. The minimum Gasteiger partial charge on any atom is -0.318 e. The Morgan fingerprint density at radius 3 is 1.91 bits per heavy atom. The average molecular weight is 497 g/mol. The summed E-state index contributed by atoms with van der Waals surface area (Å²) in [7, 11) is 3.79. The number of hydrogen-bond donors (Lipinski definition) is 0. The van der Waals surface area contributed by atoms with Gasteiger partial charge in [-0.3, -0.25) is 14.5 Å². The van der Waals surface area contributed by atoms with Crippen LogP contribution in [0.15, 0.2) is 63.5 Å². The minimum absolute atomic E-state index is 0.0721. The lowest BCUT2D eigenvalue weighted by Crippen LogP contribution is -2.45. The zero-order chi connectivity index (χ0) is 26.0. The molecule has 35 heavy (non-hydrogen) atoms. The number of hydrogen-bond acceptors (Lipinski definition) is 7. The summed E-state index contributed by atoms with van der Waals surface area (Å²) < 4.78 is 0. The van der Waals surface area contributed by atoms with Crippen LogP contribution in [0, 0.1) is 0 Å². The van der Waals surface area contributed by atoms with Crippen LogP contribution >= 0.6 is 11.8 Å². The van der Waals surface area contributed by atoms with Crippen molar-refractivity contribution in [3.63, 3.8) is 0 Å². The number of benzene rings is 2. The second kappa shape index (κ2) is 13.4. The van der Waals surface area contributed by atoms with E-state index < -0.39 is 11.5 Å². The van der Waals surface area contributed by atoms with Gasteiger partial charge in [-0.2, -0.15) is 0 Å². The Kier molecular flexibility index (Phi) is 10.9. The molecule has 6 nitrogen and oxygen atoms in total. The summed E-state index contributed by atoms with van der Waals surface area (Å²) in [4.78, 5) is 45.6. The van der Waals surface area contributed by atoms with Gasteiger partial charge in [0.2, 0.25) is 5.78 Å². The van der Waals surface area contributed by atoms with Crippen molar-refractivity contribution in [1.29, 1.82) is 0 Å². The van der Waals surface area contributed by atoms with E-state index in [4.69, 9.17) is 4.84 Å². The molecule has 0 N–H and O–H groups in total. The quantitative estimate of drug-likeness (QED) is 0.105. The molecule has 2 aromatic rings. The van der Waals surface area contributed by atoms with Gasteiger partial charge < -0.3 is 4.84 Å². The first-order valence-corrected chi connectivity index (χ1v) is 12.8. The number of carbonyl (C=O) groups is 3. The molecule has 0 radical (unpaired) electrons. The Hall–Kier alpha value is -2.77. The number of unbranched alkanes of at least 4 members (excludes halogenated alkanes) is 3. The minimum atomic E-state index is -0.579. The second-order valence-electron chi connectivity index (χ2n) is 9.19.